The number of aromatic nitrogens is 1. The molecule has 7 nitrogen and oxygen atoms in total. The molecule has 2 unspecified atom stereocenters. The molecule has 1 aliphatic rings. The number of imide groups is 1. The fourth-order valence-corrected chi connectivity index (χ4v) is 3.69. The molecule has 1 aromatic heterocycles. The van der Waals surface area contributed by atoms with E-state index in [2.05, 4.69) is 10.3 Å². The summed E-state index contributed by atoms with van der Waals surface area (Å²) in [7, 11) is 0. The summed E-state index contributed by atoms with van der Waals surface area (Å²) in [6.07, 6.45) is 0.501. The minimum atomic E-state index is -1.26. The molecule has 2 amide bonds. The van der Waals surface area contributed by atoms with E-state index >= 15 is 0 Å². The smallest absolute Gasteiger partial charge is 0.327 e. The van der Waals surface area contributed by atoms with Crippen molar-refractivity contribution >= 4 is 46.0 Å². The summed E-state index contributed by atoms with van der Waals surface area (Å²) in [6.45, 7) is 9.37. The Morgan fingerprint density at radius 1 is 1.24 bits per heavy atom. The zero-order valence-electron chi connectivity index (χ0n) is 17.0. The minimum absolute atomic E-state index is 0.0499. The number of rotatable bonds is 5. The first kappa shape index (κ1) is 21.0. The lowest BCUT2D eigenvalue weighted by atomic mass is 9.97. The van der Waals surface area contributed by atoms with Gasteiger partial charge in [-0.3, -0.25) is 14.5 Å². The number of nitrogens with zero attached hydrogens (tertiary/aromatic N) is 2. The number of anilines is 1. The van der Waals surface area contributed by atoms with Crippen LogP contribution in [0.15, 0.2) is 18.2 Å². The molecule has 29 heavy (non-hydrogen) atoms. The Morgan fingerprint density at radius 3 is 2.45 bits per heavy atom. The van der Waals surface area contributed by atoms with E-state index < -0.39 is 29.7 Å². The van der Waals surface area contributed by atoms with Gasteiger partial charge in [-0.2, -0.15) is 0 Å². The Hall–Kier alpha value is -2.67. The first-order valence-corrected chi connectivity index (χ1v) is 9.86. The molecule has 0 bridgehead atoms. The molecule has 0 fully saturated rings. The lowest BCUT2D eigenvalue weighted by molar-refractivity contribution is -0.143. The van der Waals surface area contributed by atoms with Gasteiger partial charge in [0.2, 0.25) is 0 Å². The fraction of sp³-hybridized carbons (Fsp3) is 0.429. The van der Waals surface area contributed by atoms with Crippen LogP contribution in [0.1, 0.15) is 61.9 Å². The highest BCUT2D eigenvalue weighted by molar-refractivity contribution is 6.33. The summed E-state index contributed by atoms with van der Waals surface area (Å²) in [6, 6.07) is 3.77. The molecular weight excluding hydrogens is 394 g/mol. The zero-order valence-corrected chi connectivity index (χ0v) is 17.8. The van der Waals surface area contributed by atoms with Gasteiger partial charge in [0.1, 0.15) is 17.6 Å². The van der Waals surface area contributed by atoms with Gasteiger partial charge in [-0.25, -0.2) is 9.78 Å². The molecule has 0 radical (unpaired) electrons. The van der Waals surface area contributed by atoms with Gasteiger partial charge in [0.05, 0.1) is 5.56 Å². The van der Waals surface area contributed by atoms with Crippen LogP contribution in [-0.2, 0) is 4.79 Å². The van der Waals surface area contributed by atoms with Crippen molar-refractivity contribution in [2.45, 2.75) is 52.6 Å². The van der Waals surface area contributed by atoms with Crippen LogP contribution in [0.3, 0.4) is 0 Å². The number of hydrogen-bond donors (Lipinski definition) is 2. The van der Waals surface area contributed by atoms with Gasteiger partial charge in [0.15, 0.2) is 0 Å². The molecule has 3 rings (SSSR count). The maximum Gasteiger partial charge on any atom is 0.327 e. The molecule has 1 aliphatic heterocycles. The summed E-state index contributed by atoms with van der Waals surface area (Å²) in [5.74, 6) is -2.53. The Morgan fingerprint density at radius 2 is 1.90 bits per heavy atom. The SMILES string of the molecule is CCC(C)C(C(=O)O)N1C(=O)c2nc(NC(C)(C)C)c3ccc(Cl)cc3c2C1=O. The van der Waals surface area contributed by atoms with Crippen LogP contribution in [0.25, 0.3) is 10.8 Å². The summed E-state index contributed by atoms with van der Waals surface area (Å²) in [4.78, 5) is 43.5. The van der Waals surface area contributed by atoms with Crippen LogP contribution in [0.2, 0.25) is 5.02 Å². The minimum Gasteiger partial charge on any atom is -0.480 e. The molecular formula is C21H24ClN3O4. The molecule has 0 saturated carbocycles. The Bertz CT molecular complexity index is 1030. The van der Waals surface area contributed by atoms with Crippen molar-refractivity contribution in [3.8, 4) is 0 Å². The van der Waals surface area contributed by atoms with Crippen molar-refractivity contribution in [1.29, 1.82) is 0 Å². The normalized spacial score (nSPS) is 16.1. The van der Waals surface area contributed by atoms with Crippen LogP contribution in [0.5, 0.6) is 0 Å². The van der Waals surface area contributed by atoms with Crippen LogP contribution in [0.4, 0.5) is 5.82 Å². The topological polar surface area (TPSA) is 99.6 Å². The van der Waals surface area contributed by atoms with Crippen molar-refractivity contribution in [2.75, 3.05) is 5.32 Å². The highest BCUT2D eigenvalue weighted by Gasteiger charge is 2.47. The average Bonchev–Trinajstić information content (AvgIpc) is 2.85. The van der Waals surface area contributed by atoms with Crippen LogP contribution < -0.4 is 5.32 Å². The van der Waals surface area contributed by atoms with E-state index in [0.717, 1.165) is 4.90 Å². The van der Waals surface area contributed by atoms with E-state index in [4.69, 9.17) is 11.6 Å². The summed E-state index contributed by atoms with van der Waals surface area (Å²) < 4.78 is 0. The fourth-order valence-electron chi connectivity index (χ4n) is 3.52. The molecule has 8 heteroatoms. The van der Waals surface area contributed by atoms with Gasteiger partial charge in [0.25, 0.3) is 11.8 Å². The van der Waals surface area contributed by atoms with E-state index in [9.17, 15) is 19.5 Å². The molecule has 1 aromatic carbocycles. The predicted molar refractivity (Wildman–Crippen MR) is 112 cm³/mol. The van der Waals surface area contributed by atoms with Gasteiger partial charge < -0.3 is 10.4 Å². The van der Waals surface area contributed by atoms with Crippen LogP contribution in [0, 0.1) is 5.92 Å². The second kappa shape index (κ2) is 7.30. The summed E-state index contributed by atoms with van der Waals surface area (Å²) >= 11 is 6.17. The summed E-state index contributed by atoms with van der Waals surface area (Å²) in [5, 5.41) is 14.5. The van der Waals surface area contributed by atoms with E-state index in [0.29, 0.717) is 28.0 Å². The maximum atomic E-state index is 13.2. The maximum absolute atomic E-state index is 13.2. The van der Waals surface area contributed by atoms with Crippen LogP contribution >= 0.6 is 11.6 Å². The van der Waals surface area contributed by atoms with Gasteiger partial charge >= 0.3 is 5.97 Å². The monoisotopic (exact) mass is 417 g/mol. The highest BCUT2D eigenvalue weighted by atomic mass is 35.5. The second-order valence-corrected chi connectivity index (χ2v) is 8.83. The lowest BCUT2D eigenvalue weighted by Crippen LogP contribution is -2.48. The third-order valence-corrected chi connectivity index (χ3v) is 5.26. The predicted octanol–water partition coefficient (Wildman–Crippen LogP) is 4.19. The third kappa shape index (κ3) is 3.67. The number of fused-ring (bicyclic) bond motifs is 3. The van der Waals surface area contributed by atoms with Gasteiger partial charge in [0, 0.05) is 21.3 Å². The number of carboxylic acids is 1. The van der Waals surface area contributed by atoms with E-state index in [-0.39, 0.29) is 16.8 Å². The number of nitrogens with one attached hydrogen (secondary N) is 1. The van der Waals surface area contributed by atoms with Gasteiger partial charge in [-0.05, 0) is 44.9 Å². The molecule has 0 saturated heterocycles. The number of carbonyl (C=O) groups is 3. The van der Waals surface area contributed by atoms with E-state index in [1.807, 2.05) is 27.7 Å². The largest absolute Gasteiger partial charge is 0.480 e. The molecule has 2 N–H and O–H groups in total. The van der Waals surface area contributed by atoms with Crippen LogP contribution in [-0.4, -0.2) is 44.4 Å². The molecule has 0 aliphatic carbocycles. The Balaban J connectivity index is 2.26. The number of carboxylic acid groups (broad SMARTS) is 1. The van der Waals surface area contributed by atoms with Crippen molar-refractivity contribution < 1.29 is 19.5 Å². The molecule has 2 heterocycles. The summed E-state index contributed by atoms with van der Waals surface area (Å²) in [5.41, 5.74) is -0.299. The highest BCUT2D eigenvalue weighted by Crippen LogP contribution is 2.37. The van der Waals surface area contributed by atoms with Crippen molar-refractivity contribution in [2.24, 2.45) is 5.92 Å². The first-order chi connectivity index (χ1) is 13.5. The second-order valence-electron chi connectivity index (χ2n) is 8.40. The van der Waals surface area contributed by atoms with Gasteiger partial charge in [-0.15, -0.1) is 0 Å². The Labute approximate surface area is 174 Å². The zero-order chi connectivity index (χ0) is 21.7. The lowest BCUT2D eigenvalue weighted by Gasteiger charge is -2.26. The number of carbonyl (C=O) groups excluding carboxylic acids is 2. The number of amides is 2. The number of aliphatic carboxylic acids is 1. The van der Waals surface area contributed by atoms with E-state index in [1.54, 1.807) is 25.1 Å². The molecule has 154 valence electrons. The standard InChI is InChI=1S/C21H24ClN3O4/c1-6-10(2)16(20(28)29)25-18(26)14-13-9-11(22)7-8-12(13)17(24-21(3,4)5)23-15(14)19(25)27/h7-10,16H,6H2,1-5H3,(H,23,24)(H,28,29). The quantitative estimate of drug-likeness (QED) is 0.707. The number of pyridine rings is 1. The number of halogens is 1. The van der Waals surface area contributed by atoms with E-state index in [1.165, 1.54) is 0 Å². The molecule has 2 atom stereocenters. The average molecular weight is 418 g/mol. The van der Waals surface area contributed by atoms with Crippen molar-refractivity contribution in [3.63, 3.8) is 0 Å². The number of hydrogen-bond acceptors (Lipinski definition) is 5. The Kier molecular flexibility index (Phi) is 5.30. The molecule has 2 aromatic rings. The number of benzene rings is 1. The molecule has 0 spiro atoms. The van der Waals surface area contributed by atoms with Crippen molar-refractivity contribution in [3.05, 3.63) is 34.5 Å². The third-order valence-electron chi connectivity index (χ3n) is 5.03. The van der Waals surface area contributed by atoms with Gasteiger partial charge in [-0.1, -0.05) is 31.9 Å². The first-order valence-electron chi connectivity index (χ1n) is 9.48. The van der Waals surface area contributed by atoms with Crippen molar-refractivity contribution in [1.82, 2.24) is 9.88 Å².